The Labute approximate surface area is 157 Å². The molecule has 2 heterocycles. The molecule has 2 aromatic rings. The van der Waals surface area contributed by atoms with Gasteiger partial charge in [0, 0.05) is 24.7 Å². The number of halogens is 1. The fourth-order valence-electron chi connectivity index (χ4n) is 2.69. The predicted octanol–water partition coefficient (Wildman–Crippen LogP) is 2.58. The maximum Gasteiger partial charge on any atom is 0.261 e. The van der Waals surface area contributed by atoms with Crippen LogP contribution in [-0.2, 0) is 6.54 Å². The van der Waals surface area contributed by atoms with Crippen molar-refractivity contribution in [2.45, 2.75) is 25.4 Å². The molecular weight excluding hydrogens is 358 g/mol. The standard InChI is InChI=1S/C18H21N3O2S.ClH/c22-17(21-15-3-1-9-19-12-15)14-7-5-13(6-8-14)11-20-18(23)16-4-2-10-24-16;/h2,4-8,10,15,19H,1,3,9,11-12H2,(H,20,23)(H,21,22);1H/t15-;/m0./s1. The average Bonchev–Trinajstić information content (AvgIpc) is 3.16. The second-order valence-corrected chi connectivity index (χ2v) is 6.82. The van der Waals surface area contributed by atoms with E-state index in [-0.39, 0.29) is 30.3 Å². The van der Waals surface area contributed by atoms with Crippen molar-refractivity contribution in [2.75, 3.05) is 13.1 Å². The molecule has 0 aliphatic carbocycles. The molecule has 1 saturated heterocycles. The zero-order chi connectivity index (χ0) is 16.8. The highest BCUT2D eigenvalue weighted by molar-refractivity contribution is 7.12. The van der Waals surface area contributed by atoms with Crippen molar-refractivity contribution in [1.82, 2.24) is 16.0 Å². The molecule has 7 heteroatoms. The van der Waals surface area contributed by atoms with Gasteiger partial charge < -0.3 is 16.0 Å². The second kappa shape index (κ2) is 9.56. The van der Waals surface area contributed by atoms with Crippen molar-refractivity contribution in [1.29, 1.82) is 0 Å². The lowest BCUT2D eigenvalue weighted by Gasteiger charge is -2.23. The molecule has 1 atom stereocenters. The number of thiophene rings is 1. The van der Waals surface area contributed by atoms with Crippen LogP contribution in [0.5, 0.6) is 0 Å². The maximum atomic E-state index is 12.2. The first-order valence-corrected chi connectivity index (χ1v) is 9.02. The lowest BCUT2D eigenvalue weighted by molar-refractivity contribution is 0.0927. The van der Waals surface area contributed by atoms with E-state index in [0.717, 1.165) is 31.5 Å². The number of piperidine rings is 1. The minimum Gasteiger partial charge on any atom is -0.348 e. The number of benzene rings is 1. The van der Waals surface area contributed by atoms with Crippen LogP contribution in [0.15, 0.2) is 41.8 Å². The summed E-state index contributed by atoms with van der Waals surface area (Å²) in [6.07, 6.45) is 2.11. The molecule has 1 fully saturated rings. The zero-order valence-electron chi connectivity index (χ0n) is 13.8. The lowest BCUT2D eigenvalue weighted by Crippen LogP contribution is -2.45. The molecule has 134 valence electrons. The maximum absolute atomic E-state index is 12.2. The third-order valence-corrected chi connectivity index (χ3v) is 4.91. The Hall–Kier alpha value is -1.89. The largest absolute Gasteiger partial charge is 0.348 e. The molecule has 3 N–H and O–H groups in total. The predicted molar refractivity (Wildman–Crippen MR) is 103 cm³/mol. The summed E-state index contributed by atoms with van der Waals surface area (Å²) in [5, 5.41) is 11.1. The number of hydrogen-bond donors (Lipinski definition) is 3. The Balaban J connectivity index is 0.00000225. The molecule has 5 nitrogen and oxygen atoms in total. The van der Waals surface area contributed by atoms with Gasteiger partial charge in [-0.1, -0.05) is 18.2 Å². The third-order valence-electron chi connectivity index (χ3n) is 4.05. The van der Waals surface area contributed by atoms with Crippen molar-refractivity contribution in [3.63, 3.8) is 0 Å². The monoisotopic (exact) mass is 379 g/mol. The van der Waals surface area contributed by atoms with Crippen LogP contribution in [0.3, 0.4) is 0 Å². The van der Waals surface area contributed by atoms with E-state index < -0.39 is 0 Å². The Kier molecular flexibility index (Phi) is 7.43. The van der Waals surface area contributed by atoms with Gasteiger partial charge in [0.05, 0.1) is 4.88 Å². The van der Waals surface area contributed by atoms with E-state index in [1.807, 2.05) is 23.6 Å². The second-order valence-electron chi connectivity index (χ2n) is 5.87. The molecule has 1 aromatic carbocycles. The summed E-state index contributed by atoms with van der Waals surface area (Å²) in [5.41, 5.74) is 1.62. The minimum absolute atomic E-state index is 0. The van der Waals surface area contributed by atoms with Crippen LogP contribution in [0.1, 0.15) is 38.4 Å². The van der Waals surface area contributed by atoms with E-state index in [4.69, 9.17) is 0 Å². The zero-order valence-corrected chi connectivity index (χ0v) is 15.4. The Morgan fingerprint density at radius 1 is 1.16 bits per heavy atom. The molecule has 25 heavy (non-hydrogen) atoms. The van der Waals surface area contributed by atoms with Gasteiger partial charge in [-0.15, -0.1) is 23.7 Å². The van der Waals surface area contributed by atoms with Crippen LogP contribution in [0.25, 0.3) is 0 Å². The normalized spacial score (nSPS) is 16.6. The van der Waals surface area contributed by atoms with Crippen molar-refractivity contribution in [3.8, 4) is 0 Å². The summed E-state index contributed by atoms with van der Waals surface area (Å²) in [4.78, 5) is 24.8. The summed E-state index contributed by atoms with van der Waals surface area (Å²) in [5.74, 6) is -0.116. The van der Waals surface area contributed by atoms with Crippen LogP contribution in [-0.4, -0.2) is 30.9 Å². The van der Waals surface area contributed by atoms with Crippen molar-refractivity contribution >= 4 is 35.6 Å². The first kappa shape index (κ1) is 19.4. The molecular formula is C18H22ClN3O2S. The van der Waals surface area contributed by atoms with Gasteiger partial charge in [0.25, 0.3) is 11.8 Å². The van der Waals surface area contributed by atoms with Crippen LogP contribution >= 0.6 is 23.7 Å². The highest BCUT2D eigenvalue weighted by Gasteiger charge is 2.16. The van der Waals surface area contributed by atoms with Crippen molar-refractivity contribution in [2.24, 2.45) is 0 Å². The van der Waals surface area contributed by atoms with Crippen LogP contribution in [0.4, 0.5) is 0 Å². The summed E-state index contributed by atoms with van der Waals surface area (Å²) in [7, 11) is 0. The van der Waals surface area contributed by atoms with E-state index in [0.29, 0.717) is 17.0 Å². The number of carbonyl (C=O) groups is 2. The van der Waals surface area contributed by atoms with Crippen molar-refractivity contribution < 1.29 is 9.59 Å². The van der Waals surface area contributed by atoms with E-state index in [2.05, 4.69) is 16.0 Å². The quantitative estimate of drug-likeness (QED) is 0.747. The molecule has 0 saturated carbocycles. The molecule has 0 bridgehead atoms. The van der Waals surface area contributed by atoms with E-state index >= 15 is 0 Å². The van der Waals surface area contributed by atoms with Crippen LogP contribution < -0.4 is 16.0 Å². The van der Waals surface area contributed by atoms with Gasteiger partial charge in [0.2, 0.25) is 0 Å². The van der Waals surface area contributed by atoms with Gasteiger partial charge >= 0.3 is 0 Å². The van der Waals surface area contributed by atoms with Gasteiger partial charge in [0.15, 0.2) is 0 Å². The SMILES string of the molecule is Cl.O=C(N[C@H]1CCCNC1)c1ccc(CNC(=O)c2cccs2)cc1. The van der Waals surface area contributed by atoms with Gasteiger partial charge in [-0.25, -0.2) is 0 Å². The fourth-order valence-corrected chi connectivity index (χ4v) is 3.34. The number of amides is 2. The summed E-state index contributed by atoms with van der Waals surface area (Å²) in [6, 6.07) is 11.2. The van der Waals surface area contributed by atoms with Gasteiger partial charge in [-0.3, -0.25) is 9.59 Å². The van der Waals surface area contributed by atoms with Crippen LogP contribution in [0.2, 0.25) is 0 Å². The minimum atomic E-state index is -0.0726. The Morgan fingerprint density at radius 3 is 2.60 bits per heavy atom. The molecule has 1 aliphatic rings. The summed E-state index contributed by atoms with van der Waals surface area (Å²) < 4.78 is 0. The topological polar surface area (TPSA) is 70.2 Å². The lowest BCUT2D eigenvalue weighted by atomic mass is 10.1. The van der Waals surface area contributed by atoms with Gasteiger partial charge in [-0.05, 0) is 48.5 Å². The van der Waals surface area contributed by atoms with Gasteiger partial charge in [0.1, 0.15) is 0 Å². The molecule has 3 rings (SSSR count). The first-order valence-electron chi connectivity index (χ1n) is 8.14. The molecule has 1 aromatic heterocycles. The molecule has 2 amide bonds. The highest BCUT2D eigenvalue weighted by atomic mass is 35.5. The fraction of sp³-hybridized carbons (Fsp3) is 0.333. The van der Waals surface area contributed by atoms with Crippen LogP contribution in [0, 0.1) is 0 Å². The number of nitrogens with one attached hydrogen (secondary N) is 3. The van der Waals surface area contributed by atoms with E-state index in [1.54, 1.807) is 18.2 Å². The molecule has 0 spiro atoms. The summed E-state index contributed by atoms with van der Waals surface area (Å²) in [6.45, 7) is 2.31. The third kappa shape index (κ3) is 5.56. The highest BCUT2D eigenvalue weighted by Crippen LogP contribution is 2.10. The van der Waals surface area contributed by atoms with Gasteiger partial charge in [-0.2, -0.15) is 0 Å². The van der Waals surface area contributed by atoms with Crippen molar-refractivity contribution in [3.05, 3.63) is 57.8 Å². The Morgan fingerprint density at radius 2 is 1.96 bits per heavy atom. The van der Waals surface area contributed by atoms with E-state index in [9.17, 15) is 9.59 Å². The molecule has 0 unspecified atom stereocenters. The number of rotatable bonds is 5. The number of hydrogen-bond acceptors (Lipinski definition) is 4. The smallest absolute Gasteiger partial charge is 0.261 e. The molecule has 1 aliphatic heterocycles. The number of carbonyl (C=O) groups excluding carboxylic acids is 2. The molecule has 0 radical (unpaired) electrons. The Bertz CT molecular complexity index is 683. The summed E-state index contributed by atoms with van der Waals surface area (Å²) >= 11 is 1.42. The first-order chi connectivity index (χ1) is 11.7. The average molecular weight is 380 g/mol. The van der Waals surface area contributed by atoms with E-state index in [1.165, 1.54) is 11.3 Å².